The molecule has 2 unspecified atom stereocenters. The fourth-order valence-electron chi connectivity index (χ4n) is 4.23. The normalized spacial score (nSPS) is 28.3. The Hall–Kier alpha value is -1.83. The van der Waals surface area contributed by atoms with E-state index in [1.807, 2.05) is 13.8 Å². The molecule has 3 rings (SSSR count). The Bertz CT molecular complexity index is 865. The minimum atomic E-state index is -4.26. The molecule has 0 radical (unpaired) electrons. The van der Waals surface area contributed by atoms with Crippen LogP contribution in [0.1, 0.15) is 38.9 Å². The lowest BCUT2D eigenvalue weighted by Crippen LogP contribution is -2.43. The minimum Gasteiger partial charge on any atom is -0.504 e. The van der Waals surface area contributed by atoms with Crippen LogP contribution in [-0.2, 0) is 14.9 Å². The summed E-state index contributed by atoms with van der Waals surface area (Å²) >= 11 is 0. The third-order valence-electron chi connectivity index (χ3n) is 5.78. The fraction of sp³-hybridized carbons (Fsp3) is 0.625. The molecule has 1 N–H and O–H groups in total. The van der Waals surface area contributed by atoms with Crippen molar-refractivity contribution in [2.45, 2.75) is 40.0 Å². The van der Waals surface area contributed by atoms with Gasteiger partial charge in [-0.25, -0.2) is 4.79 Å². The van der Waals surface area contributed by atoms with Crippen LogP contribution in [0.25, 0.3) is 0 Å². The van der Waals surface area contributed by atoms with Crippen molar-refractivity contribution in [3.8, 4) is 11.5 Å². The summed E-state index contributed by atoms with van der Waals surface area (Å²) in [6.07, 6.45) is 1.66. The lowest BCUT2D eigenvalue weighted by atomic mass is 9.70. The number of carbonyl (C=O) groups is 1. The van der Waals surface area contributed by atoms with Crippen LogP contribution in [0.5, 0.6) is 11.5 Å². The summed E-state index contributed by atoms with van der Waals surface area (Å²) in [7, 11) is -4.26. The molecule has 2 saturated carbocycles. The molecule has 24 heavy (non-hydrogen) atoms. The van der Waals surface area contributed by atoms with E-state index in [2.05, 4.69) is 0 Å². The first kappa shape index (κ1) is 17.0. The molecule has 2 aliphatic rings. The van der Waals surface area contributed by atoms with Gasteiger partial charge in [-0.2, -0.15) is 8.42 Å². The Morgan fingerprint density at radius 1 is 1.38 bits per heavy atom. The zero-order valence-electron chi connectivity index (χ0n) is 13.8. The van der Waals surface area contributed by atoms with Gasteiger partial charge in [0.1, 0.15) is 11.5 Å². The molecule has 1 aromatic heterocycles. The quantitative estimate of drug-likeness (QED) is 0.818. The van der Waals surface area contributed by atoms with Gasteiger partial charge in [-0.3, -0.25) is 4.79 Å². The summed E-state index contributed by atoms with van der Waals surface area (Å²) in [6.45, 7) is 5.25. The molecular formula is C16H20O7S. The van der Waals surface area contributed by atoms with Crippen molar-refractivity contribution in [1.82, 2.24) is 0 Å². The lowest BCUT2D eigenvalue weighted by molar-refractivity contribution is -0.128. The lowest BCUT2D eigenvalue weighted by Gasteiger charge is -2.35. The Kier molecular flexibility index (Phi) is 3.60. The van der Waals surface area contributed by atoms with E-state index in [1.165, 1.54) is 6.92 Å². The van der Waals surface area contributed by atoms with Crippen molar-refractivity contribution in [3.05, 3.63) is 22.2 Å². The van der Waals surface area contributed by atoms with Crippen molar-refractivity contribution >= 4 is 15.9 Å². The molecule has 0 aliphatic heterocycles. The SMILES string of the molecule is Cc1cc(O)c(OS(=O)(=O)CC23CCC(CC2=O)C3(C)C)c(=O)o1. The molecule has 132 valence electrons. The largest absolute Gasteiger partial charge is 0.504 e. The maximum Gasteiger partial charge on any atom is 0.384 e. The van der Waals surface area contributed by atoms with Crippen LogP contribution in [-0.4, -0.2) is 25.1 Å². The van der Waals surface area contributed by atoms with Crippen molar-refractivity contribution in [2.24, 2.45) is 16.7 Å². The van der Waals surface area contributed by atoms with Gasteiger partial charge >= 0.3 is 15.7 Å². The van der Waals surface area contributed by atoms with Crippen LogP contribution in [0.2, 0.25) is 0 Å². The zero-order valence-corrected chi connectivity index (χ0v) is 14.6. The Labute approximate surface area is 139 Å². The summed E-state index contributed by atoms with van der Waals surface area (Å²) in [6, 6.07) is 1.10. The third kappa shape index (κ3) is 2.35. The second-order valence-electron chi connectivity index (χ2n) is 7.31. The molecule has 8 heteroatoms. The third-order valence-corrected chi connectivity index (χ3v) is 7.05. The smallest absolute Gasteiger partial charge is 0.384 e. The maximum absolute atomic E-state index is 12.5. The number of ketones is 1. The van der Waals surface area contributed by atoms with Gasteiger partial charge in [-0.15, -0.1) is 0 Å². The van der Waals surface area contributed by atoms with Gasteiger partial charge in [0.15, 0.2) is 5.75 Å². The monoisotopic (exact) mass is 356 g/mol. The van der Waals surface area contributed by atoms with E-state index in [9.17, 15) is 23.1 Å². The van der Waals surface area contributed by atoms with Gasteiger partial charge in [-0.05, 0) is 31.1 Å². The van der Waals surface area contributed by atoms with Gasteiger partial charge in [0.25, 0.3) is 5.75 Å². The predicted octanol–water partition coefficient (Wildman–Crippen LogP) is 1.76. The molecule has 2 aliphatic carbocycles. The van der Waals surface area contributed by atoms with Crippen LogP contribution in [0, 0.1) is 23.7 Å². The average molecular weight is 356 g/mol. The van der Waals surface area contributed by atoms with Crippen LogP contribution < -0.4 is 9.81 Å². The summed E-state index contributed by atoms with van der Waals surface area (Å²) in [5.74, 6) is -1.66. The standard InChI is InChI=1S/C16H20O7S/c1-9-6-11(17)13(14(19)22-9)23-24(20,21)8-16-5-4-10(7-12(16)18)15(16,2)3/h6,10,17H,4-5,7-8H2,1-3H3. The van der Waals surface area contributed by atoms with E-state index < -0.39 is 43.8 Å². The fourth-order valence-corrected chi connectivity index (χ4v) is 5.97. The second-order valence-corrected chi connectivity index (χ2v) is 8.88. The van der Waals surface area contributed by atoms with Gasteiger partial charge in [0.05, 0.1) is 11.2 Å². The molecule has 0 saturated heterocycles. The Balaban J connectivity index is 1.93. The van der Waals surface area contributed by atoms with Crippen molar-refractivity contribution < 1.29 is 26.9 Å². The molecule has 7 nitrogen and oxygen atoms in total. The highest BCUT2D eigenvalue weighted by Gasteiger charge is 2.65. The van der Waals surface area contributed by atoms with Crippen molar-refractivity contribution in [1.29, 1.82) is 0 Å². The molecule has 0 spiro atoms. The molecule has 2 atom stereocenters. The number of Topliss-reactive ketones (excluding diaryl/α,β-unsaturated/α-hetero) is 1. The van der Waals surface area contributed by atoms with Gasteiger partial charge in [-0.1, -0.05) is 13.8 Å². The first-order valence-electron chi connectivity index (χ1n) is 7.78. The maximum atomic E-state index is 12.5. The van der Waals surface area contributed by atoms with E-state index in [0.29, 0.717) is 12.8 Å². The zero-order chi connectivity index (χ0) is 17.9. The van der Waals surface area contributed by atoms with E-state index in [-0.39, 0.29) is 17.5 Å². The first-order valence-corrected chi connectivity index (χ1v) is 9.35. The summed E-state index contributed by atoms with van der Waals surface area (Å²) in [5, 5.41) is 9.76. The topological polar surface area (TPSA) is 111 Å². The number of hydrogen-bond acceptors (Lipinski definition) is 7. The second kappa shape index (κ2) is 5.08. The number of fused-ring (bicyclic) bond motifs is 2. The number of carbonyl (C=O) groups excluding carboxylic acids is 1. The first-order chi connectivity index (χ1) is 11.0. The van der Waals surface area contributed by atoms with Gasteiger partial charge in [0.2, 0.25) is 0 Å². The molecule has 0 aromatic carbocycles. The van der Waals surface area contributed by atoms with Crippen LogP contribution >= 0.6 is 0 Å². The van der Waals surface area contributed by atoms with Gasteiger partial charge < -0.3 is 13.7 Å². The van der Waals surface area contributed by atoms with Crippen LogP contribution in [0.4, 0.5) is 0 Å². The summed E-state index contributed by atoms with van der Waals surface area (Å²) < 4.78 is 34.6. The molecule has 2 fully saturated rings. The summed E-state index contributed by atoms with van der Waals surface area (Å²) in [5.41, 5.74) is -2.52. The molecule has 1 aromatic rings. The number of hydrogen-bond donors (Lipinski definition) is 1. The van der Waals surface area contributed by atoms with Crippen molar-refractivity contribution in [2.75, 3.05) is 5.75 Å². The highest BCUT2D eigenvalue weighted by atomic mass is 32.2. The van der Waals surface area contributed by atoms with E-state index in [1.54, 1.807) is 0 Å². The highest BCUT2D eigenvalue weighted by Crippen LogP contribution is 2.64. The van der Waals surface area contributed by atoms with E-state index >= 15 is 0 Å². The molecule has 0 amide bonds. The molecular weight excluding hydrogens is 336 g/mol. The highest BCUT2D eigenvalue weighted by molar-refractivity contribution is 7.87. The Morgan fingerprint density at radius 2 is 2.04 bits per heavy atom. The number of rotatable bonds is 4. The van der Waals surface area contributed by atoms with Gasteiger partial charge in [0, 0.05) is 12.5 Å². The molecule has 2 bridgehead atoms. The average Bonchev–Trinajstić information content (AvgIpc) is 2.76. The van der Waals surface area contributed by atoms with E-state index in [4.69, 9.17) is 8.60 Å². The Morgan fingerprint density at radius 3 is 2.54 bits per heavy atom. The van der Waals surface area contributed by atoms with Crippen LogP contribution in [0.3, 0.4) is 0 Å². The number of aromatic hydroxyl groups is 1. The van der Waals surface area contributed by atoms with Crippen molar-refractivity contribution in [3.63, 3.8) is 0 Å². The minimum absolute atomic E-state index is 0.0731. The summed E-state index contributed by atoms with van der Waals surface area (Å²) in [4.78, 5) is 24.2. The van der Waals surface area contributed by atoms with Crippen LogP contribution in [0.15, 0.2) is 15.3 Å². The predicted molar refractivity (Wildman–Crippen MR) is 84.4 cm³/mol. The molecule has 1 heterocycles. The van der Waals surface area contributed by atoms with E-state index in [0.717, 1.165) is 12.5 Å². The number of aryl methyl sites for hydroxylation is 1.